The zero-order valence-electron chi connectivity index (χ0n) is 22.8. The second kappa shape index (κ2) is 17.7. The van der Waals surface area contributed by atoms with Crippen molar-refractivity contribution in [1.82, 2.24) is 10.6 Å². The van der Waals surface area contributed by atoms with E-state index >= 15 is 0 Å². The Labute approximate surface area is 228 Å². The highest BCUT2D eigenvalue weighted by Crippen LogP contribution is 2.19. The maximum absolute atomic E-state index is 13.2. The van der Waals surface area contributed by atoms with E-state index in [1.807, 2.05) is 0 Å². The van der Waals surface area contributed by atoms with Crippen molar-refractivity contribution in [2.24, 2.45) is 17.6 Å². The van der Waals surface area contributed by atoms with E-state index in [-0.39, 0.29) is 69.3 Å². The van der Waals surface area contributed by atoms with Crippen LogP contribution in [0.25, 0.3) is 0 Å². The molecule has 12 heteroatoms. The number of benzene rings is 1. The third kappa shape index (κ3) is 14.6. The van der Waals surface area contributed by atoms with Crippen LogP contribution in [0.4, 0.5) is 10.5 Å². The Hall–Kier alpha value is -3.80. The van der Waals surface area contributed by atoms with Crippen LogP contribution in [0.3, 0.4) is 0 Å². The highest BCUT2D eigenvalue weighted by Gasteiger charge is 2.29. The molecule has 0 aliphatic carbocycles. The summed E-state index contributed by atoms with van der Waals surface area (Å²) >= 11 is 0. The first kappa shape index (κ1) is 33.2. The van der Waals surface area contributed by atoms with E-state index in [0.717, 1.165) is 5.56 Å². The number of carbonyl (C=O) groups is 6. The lowest BCUT2D eigenvalue weighted by Gasteiger charge is -2.24. The summed E-state index contributed by atoms with van der Waals surface area (Å²) in [6, 6.07) is 5.35. The summed E-state index contributed by atoms with van der Waals surface area (Å²) in [6.45, 7) is 5.47. The van der Waals surface area contributed by atoms with E-state index in [2.05, 4.69) is 16.0 Å². The molecule has 39 heavy (non-hydrogen) atoms. The van der Waals surface area contributed by atoms with Gasteiger partial charge < -0.3 is 31.5 Å². The summed E-state index contributed by atoms with van der Waals surface area (Å²) in [4.78, 5) is 71.3. The molecule has 0 aliphatic rings. The van der Waals surface area contributed by atoms with Crippen molar-refractivity contribution in [1.29, 1.82) is 0 Å². The number of urea groups is 1. The monoisotopic (exact) mass is 548 g/mol. The number of hydrogen-bond donors (Lipinski definition) is 5. The summed E-state index contributed by atoms with van der Waals surface area (Å²) in [5, 5.41) is 16.7. The van der Waals surface area contributed by atoms with Crippen molar-refractivity contribution < 1.29 is 38.6 Å². The van der Waals surface area contributed by atoms with Gasteiger partial charge in [0.15, 0.2) is 11.6 Å². The normalized spacial score (nSPS) is 12.3. The summed E-state index contributed by atoms with van der Waals surface area (Å²) < 4.78 is 5.29. The second-order valence-electron chi connectivity index (χ2n) is 9.72. The topological polar surface area (TPSA) is 194 Å². The maximum Gasteiger partial charge on any atom is 0.312 e. The van der Waals surface area contributed by atoms with Crippen molar-refractivity contribution in [3.63, 3.8) is 0 Å². The molecule has 0 fully saturated rings. The van der Waals surface area contributed by atoms with E-state index in [1.165, 1.54) is 6.92 Å². The molecule has 1 rings (SSSR count). The number of hydrogen-bond acceptors (Lipinski definition) is 7. The molecule has 0 bridgehead atoms. The molecule has 0 saturated carbocycles. The van der Waals surface area contributed by atoms with Crippen molar-refractivity contribution in [2.75, 3.05) is 18.5 Å². The molecule has 216 valence electrons. The number of aliphatic carboxylic acids is 1. The van der Waals surface area contributed by atoms with Crippen LogP contribution >= 0.6 is 0 Å². The predicted octanol–water partition coefficient (Wildman–Crippen LogP) is 2.15. The van der Waals surface area contributed by atoms with E-state index in [1.54, 1.807) is 38.1 Å². The van der Waals surface area contributed by atoms with Crippen LogP contribution in [-0.4, -0.2) is 59.7 Å². The molecule has 1 aromatic carbocycles. The Morgan fingerprint density at radius 3 is 2.23 bits per heavy atom. The highest BCUT2D eigenvalue weighted by molar-refractivity contribution is 5.97. The number of carbonyl (C=O) groups excluding carboxylic acids is 5. The number of nitrogens with one attached hydrogen (secondary N) is 3. The largest absolute Gasteiger partial charge is 0.481 e. The van der Waals surface area contributed by atoms with Crippen molar-refractivity contribution in [3.8, 4) is 0 Å². The zero-order valence-corrected chi connectivity index (χ0v) is 22.8. The molecule has 6 N–H and O–H groups in total. The van der Waals surface area contributed by atoms with Crippen LogP contribution in [0.5, 0.6) is 0 Å². The van der Waals surface area contributed by atoms with Gasteiger partial charge in [0.05, 0.1) is 12.6 Å². The quantitative estimate of drug-likeness (QED) is 0.162. The molecule has 12 nitrogen and oxygen atoms in total. The van der Waals surface area contributed by atoms with Crippen molar-refractivity contribution in [2.45, 2.75) is 71.9 Å². The Kier molecular flexibility index (Phi) is 15.0. The van der Waals surface area contributed by atoms with Crippen LogP contribution in [0.15, 0.2) is 24.3 Å². The maximum atomic E-state index is 13.2. The van der Waals surface area contributed by atoms with Gasteiger partial charge in [-0.1, -0.05) is 26.0 Å². The van der Waals surface area contributed by atoms with Crippen LogP contribution in [0, 0.1) is 11.8 Å². The number of carboxylic acids is 1. The van der Waals surface area contributed by atoms with Crippen LogP contribution in [0.2, 0.25) is 0 Å². The average molecular weight is 549 g/mol. The summed E-state index contributed by atoms with van der Waals surface area (Å²) in [5.41, 5.74) is 6.42. The van der Waals surface area contributed by atoms with Crippen LogP contribution < -0.4 is 21.7 Å². The summed E-state index contributed by atoms with van der Waals surface area (Å²) in [7, 11) is 0. The van der Waals surface area contributed by atoms with Gasteiger partial charge in [0.25, 0.3) is 0 Å². The first-order valence-electron chi connectivity index (χ1n) is 12.9. The molecule has 0 heterocycles. The van der Waals surface area contributed by atoms with Gasteiger partial charge in [0, 0.05) is 37.4 Å². The minimum absolute atomic E-state index is 0.0129. The number of rotatable bonds is 19. The minimum Gasteiger partial charge on any atom is -0.481 e. The Balaban J connectivity index is 2.86. The number of anilines is 1. The van der Waals surface area contributed by atoms with Crippen molar-refractivity contribution >= 4 is 41.1 Å². The molecule has 0 saturated heterocycles. The zero-order chi connectivity index (χ0) is 29.4. The van der Waals surface area contributed by atoms with Gasteiger partial charge in [-0.15, -0.1) is 0 Å². The summed E-state index contributed by atoms with van der Waals surface area (Å²) in [6.07, 6.45) is 0.515. The molecule has 0 unspecified atom stereocenters. The van der Waals surface area contributed by atoms with E-state index < -0.39 is 35.8 Å². The predicted molar refractivity (Wildman–Crippen MR) is 144 cm³/mol. The standard InChI is InChI=1S/C27H40N4O8/c1-17(2)25(31-23(34)7-4-8-24(35)36)22(33)14-20(6-5-13-29-27(28)38)26(37)30-21-11-9-19(10-12-21)16-39-15-18(3)32/h9-12,17,20,25H,4-8,13-16H2,1-3H3,(H,30,37)(H,31,34)(H,35,36)(H3,28,29,38)/t20-,25+/m1/s1. The Morgan fingerprint density at radius 2 is 1.67 bits per heavy atom. The van der Waals surface area contributed by atoms with Crippen LogP contribution in [-0.2, 0) is 35.3 Å². The fourth-order valence-electron chi connectivity index (χ4n) is 3.76. The third-order valence-electron chi connectivity index (χ3n) is 5.77. The number of ether oxygens (including phenoxy) is 1. The molecule has 0 radical (unpaired) electrons. The number of Topliss-reactive ketones (excluding diaryl/α,β-unsaturated/α-hetero) is 2. The number of amides is 4. The second-order valence-corrected chi connectivity index (χ2v) is 9.72. The third-order valence-corrected chi connectivity index (χ3v) is 5.77. The number of primary amides is 1. The number of carboxylic acid groups (broad SMARTS) is 1. The van der Waals surface area contributed by atoms with Gasteiger partial charge >= 0.3 is 12.0 Å². The number of nitrogens with two attached hydrogens (primary N) is 1. The first-order valence-corrected chi connectivity index (χ1v) is 12.9. The van der Waals surface area contributed by atoms with Gasteiger partial charge in [-0.3, -0.25) is 24.0 Å². The Morgan fingerprint density at radius 1 is 1.00 bits per heavy atom. The molecular formula is C27H40N4O8. The van der Waals surface area contributed by atoms with Crippen molar-refractivity contribution in [3.05, 3.63) is 29.8 Å². The molecule has 0 aromatic heterocycles. The van der Waals surface area contributed by atoms with E-state index in [9.17, 15) is 28.8 Å². The van der Waals surface area contributed by atoms with Crippen LogP contribution in [0.1, 0.15) is 64.9 Å². The molecule has 1 aromatic rings. The fraction of sp³-hybridized carbons (Fsp3) is 0.556. The SMILES string of the molecule is CC(=O)COCc1ccc(NC(=O)[C@H](CCCNC(N)=O)CC(=O)[C@@H](NC(=O)CCCC(=O)O)C(C)C)cc1. The van der Waals surface area contributed by atoms with Gasteiger partial charge in [0.1, 0.15) is 6.61 Å². The van der Waals surface area contributed by atoms with Gasteiger partial charge in [-0.25, -0.2) is 4.79 Å². The van der Waals surface area contributed by atoms with Gasteiger partial charge in [-0.05, 0) is 49.8 Å². The lowest BCUT2D eigenvalue weighted by molar-refractivity contribution is -0.137. The highest BCUT2D eigenvalue weighted by atomic mass is 16.5. The van der Waals surface area contributed by atoms with E-state index in [4.69, 9.17) is 15.6 Å². The molecule has 4 amide bonds. The summed E-state index contributed by atoms with van der Waals surface area (Å²) in [5.74, 6) is -3.22. The van der Waals surface area contributed by atoms with E-state index in [0.29, 0.717) is 12.1 Å². The lowest BCUT2D eigenvalue weighted by atomic mass is 9.89. The minimum atomic E-state index is -1.00. The molecular weight excluding hydrogens is 508 g/mol. The number of ketones is 2. The average Bonchev–Trinajstić information content (AvgIpc) is 2.84. The van der Waals surface area contributed by atoms with Gasteiger partial charge in [0.2, 0.25) is 11.8 Å². The molecule has 2 atom stereocenters. The molecule has 0 aliphatic heterocycles. The smallest absolute Gasteiger partial charge is 0.312 e. The lowest BCUT2D eigenvalue weighted by Crippen LogP contribution is -2.45. The Bertz CT molecular complexity index is 994. The van der Waals surface area contributed by atoms with Gasteiger partial charge in [-0.2, -0.15) is 0 Å². The first-order chi connectivity index (χ1) is 18.4. The fourth-order valence-corrected chi connectivity index (χ4v) is 3.76. The molecule has 0 spiro atoms.